The van der Waals surface area contributed by atoms with E-state index in [0.717, 1.165) is 7.05 Å². The molecule has 0 saturated carbocycles. The molecule has 1 aromatic rings. The average molecular weight is 541 g/mol. The first-order chi connectivity index (χ1) is 14.9. The minimum Gasteiger partial charge on any atom is -0.592 e. The van der Waals surface area contributed by atoms with E-state index in [2.05, 4.69) is 5.32 Å². The maximum absolute atomic E-state index is 12.9. The molecule has 5 rings (SSSR count). The fourth-order valence-corrected chi connectivity index (χ4v) is 4.86. The molecule has 0 unspecified atom stereocenters. The topological polar surface area (TPSA) is 160 Å². The van der Waals surface area contributed by atoms with Crippen molar-refractivity contribution in [3.05, 3.63) is 35.5 Å². The van der Waals surface area contributed by atoms with Crippen LogP contribution in [-0.4, -0.2) is 59.2 Å². The Morgan fingerprint density at radius 3 is 1.35 bits per heavy atom. The quantitative estimate of drug-likeness (QED) is 0.268. The summed E-state index contributed by atoms with van der Waals surface area (Å²) in [6, 6.07) is 1.50. The molecule has 4 aliphatic heterocycles. The van der Waals surface area contributed by atoms with Crippen molar-refractivity contribution in [2.45, 2.75) is 20.8 Å². The maximum atomic E-state index is 12.9. The number of imide groups is 4. The van der Waals surface area contributed by atoms with Crippen LogP contribution in [0.2, 0.25) is 0 Å². The molecule has 34 heavy (non-hydrogen) atoms. The summed E-state index contributed by atoms with van der Waals surface area (Å²) < 4.78 is 0. The van der Waals surface area contributed by atoms with Gasteiger partial charge >= 0.3 is 0 Å². The van der Waals surface area contributed by atoms with Crippen molar-refractivity contribution in [1.29, 1.82) is 0 Å². The number of likely N-dealkylation sites (tertiary alicyclic amines) is 1. The van der Waals surface area contributed by atoms with Gasteiger partial charge in [-0.15, -0.1) is 0 Å². The van der Waals surface area contributed by atoms with E-state index in [1.807, 2.05) is 0 Å². The fraction of sp³-hybridized carbons (Fsp3) is 0.286. The number of anilines is 2. The van der Waals surface area contributed by atoms with E-state index in [4.69, 9.17) is 0 Å². The molecule has 12 nitrogen and oxygen atoms in total. The number of hydrogen-bond donors (Lipinski definition) is 0. The van der Waals surface area contributed by atoms with Crippen molar-refractivity contribution in [2.24, 2.45) is 10.8 Å². The van der Waals surface area contributed by atoms with Gasteiger partial charge < -0.3 is 22.3 Å². The molecule has 8 amide bonds. The standard InChI is InChI=1S/C20H14N4O8.CH3.Y/c1-6-5-7(2)10(24-17(31)20(18(24)32)13(27)22(4)14(20)28)8(3)9(6)23-15(29)19(16(23)30)11(25)21-12(19)26;;/h5H,1-4H3,(H,21,25,26);1H3;/q;-1;/p-1. The zero-order valence-corrected chi connectivity index (χ0v) is 21.5. The molecule has 4 heterocycles. The summed E-state index contributed by atoms with van der Waals surface area (Å²) in [5, 5.41) is 3.01. The van der Waals surface area contributed by atoms with Crippen molar-refractivity contribution < 1.29 is 71.1 Å². The number of carbonyl (C=O) groups excluding carboxylic acids is 8. The van der Waals surface area contributed by atoms with Gasteiger partial charge in [0.1, 0.15) is 0 Å². The molecule has 1 aromatic carbocycles. The van der Waals surface area contributed by atoms with Gasteiger partial charge in [0.05, 0.1) is 23.2 Å². The van der Waals surface area contributed by atoms with Gasteiger partial charge in [0, 0.05) is 39.8 Å². The van der Waals surface area contributed by atoms with Crippen LogP contribution in [0.1, 0.15) is 16.7 Å². The average Bonchev–Trinajstić information content (AvgIpc) is 2.73. The summed E-state index contributed by atoms with van der Waals surface area (Å²) >= 11 is 0. The number of nitrogens with zero attached hydrogens (tertiary/aromatic N) is 4. The third-order valence-electron chi connectivity index (χ3n) is 6.53. The van der Waals surface area contributed by atoms with Crippen molar-refractivity contribution in [3.8, 4) is 0 Å². The van der Waals surface area contributed by atoms with Gasteiger partial charge in [0.25, 0.3) is 40.9 Å². The number of benzene rings is 1. The van der Waals surface area contributed by atoms with Crippen LogP contribution in [0.3, 0.4) is 0 Å². The zero-order chi connectivity index (χ0) is 23.7. The van der Waals surface area contributed by atoms with E-state index in [9.17, 15) is 38.4 Å². The predicted molar refractivity (Wildman–Crippen MR) is 108 cm³/mol. The Bertz CT molecular complexity index is 1270. The van der Waals surface area contributed by atoms with Gasteiger partial charge in [-0.05, 0) is 37.5 Å². The monoisotopic (exact) mass is 541 g/mol. The third kappa shape index (κ3) is 2.21. The second-order valence-corrected chi connectivity index (χ2v) is 8.12. The van der Waals surface area contributed by atoms with Crippen molar-refractivity contribution in [1.82, 2.24) is 4.90 Å². The van der Waals surface area contributed by atoms with Crippen LogP contribution >= 0.6 is 0 Å². The first kappa shape index (κ1) is 25.5. The largest absolute Gasteiger partial charge is 0.592 e. The predicted octanol–water partition coefficient (Wildman–Crippen LogP) is -0.782. The smallest absolute Gasteiger partial charge is 0.285 e. The van der Waals surface area contributed by atoms with E-state index >= 15 is 0 Å². The molecule has 4 fully saturated rings. The van der Waals surface area contributed by atoms with E-state index < -0.39 is 58.1 Å². The molecule has 0 atom stereocenters. The number of carbonyl (C=O) groups is 8. The van der Waals surface area contributed by atoms with Gasteiger partial charge in [-0.3, -0.25) is 33.7 Å². The van der Waals surface area contributed by atoms with Gasteiger partial charge in [-0.1, -0.05) is 6.07 Å². The van der Waals surface area contributed by atoms with Crippen LogP contribution in [-0.2, 0) is 71.1 Å². The molecule has 1 radical (unpaired) electrons. The van der Waals surface area contributed by atoms with E-state index in [1.165, 1.54) is 13.0 Å². The second kappa shape index (κ2) is 7.19. The first-order valence-corrected chi connectivity index (χ1v) is 9.39. The summed E-state index contributed by atoms with van der Waals surface area (Å²) in [6.45, 7) is 4.57. The molecule has 2 spiro atoms. The van der Waals surface area contributed by atoms with Gasteiger partial charge in [0.15, 0.2) is 0 Å². The Morgan fingerprint density at radius 2 is 1.00 bits per heavy atom. The van der Waals surface area contributed by atoms with Crippen LogP contribution in [0.4, 0.5) is 11.4 Å². The van der Waals surface area contributed by atoms with Gasteiger partial charge in [0.2, 0.25) is 5.41 Å². The Hall–Kier alpha value is -3.12. The van der Waals surface area contributed by atoms with Crippen LogP contribution in [0.5, 0.6) is 0 Å². The summed E-state index contributed by atoms with van der Waals surface area (Å²) in [6.07, 6.45) is 0. The molecule has 0 aliphatic carbocycles. The van der Waals surface area contributed by atoms with Crippen molar-refractivity contribution in [3.63, 3.8) is 0 Å². The van der Waals surface area contributed by atoms with Crippen LogP contribution in [0.25, 0.3) is 5.32 Å². The number of aryl methyl sites for hydroxylation is 2. The number of rotatable bonds is 2. The van der Waals surface area contributed by atoms with E-state index in [-0.39, 0.29) is 57.1 Å². The molecule has 0 N–H and O–H groups in total. The number of amides is 8. The second-order valence-electron chi connectivity index (χ2n) is 8.12. The van der Waals surface area contributed by atoms with Crippen LogP contribution in [0.15, 0.2) is 6.07 Å². The maximum Gasteiger partial charge on any atom is 0.285 e. The third-order valence-corrected chi connectivity index (χ3v) is 6.53. The van der Waals surface area contributed by atoms with Gasteiger partial charge in [-0.25, -0.2) is 9.80 Å². The van der Waals surface area contributed by atoms with Gasteiger partial charge in [-0.2, -0.15) is 0 Å². The Kier molecular flexibility index (Phi) is 5.39. The molecule has 0 aromatic heterocycles. The van der Waals surface area contributed by atoms with Crippen molar-refractivity contribution in [2.75, 3.05) is 16.8 Å². The Balaban J connectivity index is 0.00000162. The number of hydrogen-bond acceptors (Lipinski definition) is 8. The van der Waals surface area contributed by atoms with Crippen LogP contribution in [0, 0.1) is 39.0 Å². The fourth-order valence-electron chi connectivity index (χ4n) is 4.86. The Labute approximate surface area is 217 Å². The minimum absolute atomic E-state index is 0. The molecule has 13 heteroatoms. The van der Waals surface area contributed by atoms with E-state index in [1.54, 1.807) is 13.8 Å². The summed E-state index contributed by atoms with van der Waals surface area (Å²) in [5.41, 5.74) is -3.83. The summed E-state index contributed by atoms with van der Waals surface area (Å²) in [7, 11) is 1.16. The van der Waals surface area contributed by atoms with Crippen molar-refractivity contribution >= 4 is 58.6 Å². The van der Waals surface area contributed by atoms with E-state index in [0.29, 0.717) is 25.8 Å². The Morgan fingerprint density at radius 1 is 0.647 bits per heavy atom. The SMILES string of the molecule is Cc1cc(C)c(N2C(=O)C3(C(=O)N(C)C3=O)C2=O)c(C)c1N1C(=O)C2(C(=O)[N-]C2=O)C1=O.[CH3-].[Y]. The molecule has 4 saturated heterocycles. The molecule has 173 valence electrons. The zero-order valence-electron chi connectivity index (χ0n) is 18.7. The minimum atomic E-state index is -2.44. The summed E-state index contributed by atoms with van der Waals surface area (Å²) in [4.78, 5) is 101. The molecular weight excluding hydrogens is 525 g/mol. The number of β-lactam (4-membered cyclic amide) rings is 8. The van der Waals surface area contributed by atoms with Crippen LogP contribution < -0.4 is 9.80 Å². The normalized spacial score (nSPS) is 21.5. The molecule has 4 aliphatic rings. The first-order valence-electron chi connectivity index (χ1n) is 9.39. The summed E-state index contributed by atoms with van der Waals surface area (Å²) in [5.74, 6) is -8.24. The molecular formula is C21H16N4O8Y-2. The molecule has 0 bridgehead atoms.